The Balaban J connectivity index is 1.99. The zero-order chi connectivity index (χ0) is 20.0. The highest BCUT2D eigenvalue weighted by Crippen LogP contribution is 2.23. The number of rotatable bonds is 6. The number of benzene rings is 2. The molecule has 0 saturated heterocycles. The molecule has 0 aromatic heterocycles. The lowest BCUT2D eigenvalue weighted by Crippen LogP contribution is -2.22. The Morgan fingerprint density at radius 1 is 0.926 bits per heavy atom. The Morgan fingerprint density at radius 2 is 1.48 bits per heavy atom. The number of carbonyl (C=O) groups is 2. The number of ether oxygens (including phenoxy) is 1. The van der Waals surface area contributed by atoms with Crippen LogP contribution in [0, 0.1) is 0 Å². The van der Waals surface area contributed by atoms with Gasteiger partial charge < -0.3 is 10.1 Å². The highest BCUT2D eigenvalue weighted by molar-refractivity contribution is 5.96. The summed E-state index contributed by atoms with van der Waals surface area (Å²) < 4.78 is 5.18. The normalized spacial score (nSPS) is 11.1. The summed E-state index contributed by atoms with van der Waals surface area (Å²) in [6.45, 7) is 10.1. The smallest absolute Gasteiger partial charge is 0.338 e. The molecule has 2 aromatic rings. The third kappa shape index (κ3) is 5.43. The molecule has 4 heteroatoms. The fraction of sp³-hybridized carbons (Fsp3) is 0.391. The number of hydrogen-bond acceptors (Lipinski definition) is 3. The molecular weight excluding hydrogens is 338 g/mol. The van der Waals surface area contributed by atoms with Crippen molar-refractivity contribution in [3.05, 3.63) is 64.7 Å². The van der Waals surface area contributed by atoms with Gasteiger partial charge in [-0.15, -0.1) is 0 Å². The summed E-state index contributed by atoms with van der Waals surface area (Å²) in [6, 6.07) is 13.3. The second-order valence-electron chi connectivity index (χ2n) is 7.61. The fourth-order valence-corrected chi connectivity index (χ4v) is 2.90. The largest absolute Gasteiger partial charge is 0.452 e. The molecule has 0 saturated carbocycles. The summed E-state index contributed by atoms with van der Waals surface area (Å²) in [5.74, 6) is -0.824. The van der Waals surface area contributed by atoms with Crippen molar-refractivity contribution in [3.63, 3.8) is 0 Å². The summed E-state index contributed by atoms with van der Waals surface area (Å²) in [7, 11) is 0. The molecule has 0 aliphatic heterocycles. The van der Waals surface area contributed by atoms with Gasteiger partial charge in [0.15, 0.2) is 6.61 Å². The van der Waals surface area contributed by atoms with Gasteiger partial charge in [0.1, 0.15) is 0 Å². The van der Waals surface area contributed by atoms with E-state index >= 15 is 0 Å². The molecule has 1 N–H and O–H groups in total. The Morgan fingerprint density at radius 3 is 1.96 bits per heavy atom. The molecule has 144 valence electrons. The number of hydrogen-bond donors (Lipinski definition) is 1. The lowest BCUT2D eigenvalue weighted by atomic mass is 9.87. The molecule has 0 bridgehead atoms. The van der Waals surface area contributed by atoms with Gasteiger partial charge in [-0.25, -0.2) is 4.79 Å². The standard InChI is InChI=1S/C23H29NO3/c1-6-16-9-8-10-17(7-2)21(16)24-20(25)15-27-22(26)18-11-13-19(14-12-18)23(3,4)5/h8-14H,6-7,15H2,1-5H3,(H,24,25). The number of anilines is 1. The van der Waals surface area contributed by atoms with Gasteiger partial charge in [0.05, 0.1) is 5.56 Å². The van der Waals surface area contributed by atoms with E-state index in [2.05, 4.69) is 26.1 Å². The van der Waals surface area contributed by atoms with Crippen LogP contribution in [0.25, 0.3) is 0 Å². The molecule has 4 nitrogen and oxygen atoms in total. The number of aryl methyl sites for hydroxylation is 2. The van der Waals surface area contributed by atoms with Crippen LogP contribution in [0.3, 0.4) is 0 Å². The average molecular weight is 367 g/mol. The summed E-state index contributed by atoms with van der Waals surface area (Å²) in [5, 5.41) is 2.90. The quantitative estimate of drug-likeness (QED) is 0.739. The molecule has 0 aliphatic rings. The van der Waals surface area contributed by atoms with Crippen LogP contribution < -0.4 is 5.32 Å². The van der Waals surface area contributed by atoms with Crippen molar-refractivity contribution in [3.8, 4) is 0 Å². The van der Waals surface area contributed by atoms with E-state index in [0.29, 0.717) is 5.56 Å². The maximum Gasteiger partial charge on any atom is 0.338 e. The van der Waals surface area contributed by atoms with Gasteiger partial charge in [-0.2, -0.15) is 0 Å². The summed E-state index contributed by atoms with van der Waals surface area (Å²) in [6.07, 6.45) is 1.65. The SMILES string of the molecule is CCc1cccc(CC)c1NC(=O)COC(=O)c1ccc(C(C)(C)C)cc1. The van der Waals surface area contributed by atoms with Crippen molar-refractivity contribution in [2.24, 2.45) is 0 Å². The van der Waals surface area contributed by atoms with Crippen molar-refractivity contribution in [2.75, 3.05) is 11.9 Å². The molecule has 0 fully saturated rings. The molecule has 0 radical (unpaired) electrons. The van der Waals surface area contributed by atoms with Crippen molar-refractivity contribution in [1.82, 2.24) is 0 Å². The van der Waals surface area contributed by atoms with Crippen LogP contribution >= 0.6 is 0 Å². The van der Waals surface area contributed by atoms with E-state index in [4.69, 9.17) is 4.74 Å². The lowest BCUT2D eigenvalue weighted by molar-refractivity contribution is -0.119. The van der Waals surface area contributed by atoms with Gasteiger partial charge in [0.25, 0.3) is 5.91 Å². The first-order valence-electron chi connectivity index (χ1n) is 9.44. The predicted molar refractivity (Wildman–Crippen MR) is 109 cm³/mol. The predicted octanol–water partition coefficient (Wildman–Crippen LogP) is 4.90. The third-order valence-electron chi connectivity index (χ3n) is 4.58. The van der Waals surface area contributed by atoms with Gasteiger partial charge in [-0.05, 0) is 47.1 Å². The zero-order valence-electron chi connectivity index (χ0n) is 16.9. The van der Waals surface area contributed by atoms with Crippen molar-refractivity contribution in [1.29, 1.82) is 0 Å². The molecule has 27 heavy (non-hydrogen) atoms. The summed E-state index contributed by atoms with van der Waals surface area (Å²) >= 11 is 0. The lowest BCUT2D eigenvalue weighted by Gasteiger charge is -2.19. The number of amides is 1. The molecule has 0 aliphatic carbocycles. The molecule has 1 amide bonds. The van der Waals surface area contributed by atoms with Gasteiger partial charge in [-0.1, -0.05) is 65.0 Å². The average Bonchev–Trinajstić information content (AvgIpc) is 2.65. The molecule has 2 rings (SSSR count). The van der Waals surface area contributed by atoms with Gasteiger partial charge in [0.2, 0.25) is 0 Å². The van der Waals surface area contributed by atoms with Crippen LogP contribution in [-0.2, 0) is 27.8 Å². The summed E-state index contributed by atoms with van der Waals surface area (Å²) in [4.78, 5) is 24.5. The Kier molecular flexibility index (Phi) is 6.78. The minimum Gasteiger partial charge on any atom is -0.452 e. The second kappa shape index (κ2) is 8.85. The number of esters is 1. The Hall–Kier alpha value is -2.62. The first-order chi connectivity index (χ1) is 12.8. The van der Waals surface area contributed by atoms with Crippen LogP contribution in [-0.4, -0.2) is 18.5 Å². The van der Waals surface area contributed by atoms with Crippen LogP contribution in [0.15, 0.2) is 42.5 Å². The van der Waals surface area contributed by atoms with E-state index in [0.717, 1.165) is 35.2 Å². The van der Waals surface area contributed by atoms with Gasteiger partial charge in [0, 0.05) is 5.69 Å². The monoisotopic (exact) mass is 367 g/mol. The molecule has 2 aromatic carbocycles. The number of nitrogens with one attached hydrogen (secondary N) is 1. The highest BCUT2D eigenvalue weighted by atomic mass is 16.5. The van der Waals surface area contributed by atoms with Crippen molar-refractivity contribution < 1.29 is 14.3 Å². The fourth-order valence-electron chi connectivity index (χ4n) is 2.90. The maximum absolute atomic E-state index is 12.3. The van der Waals surface area contributed by atoms with Crippen LogP contribution in [0.4, 0.5) is 5.69 Å². The van der Waals surface area contributed by atoms with Crippen molar-refractivity contribution in [2.45, 2.75) is 52.9 Å². The Labute approximate surface area is 161 Å². The molecule has 0 atom stereocenters. The van der Waals surface area contributed by atoms with Gasteiger partial charge >= 0.3 is 5.97 Å². The van der Waals surface area contributed by atoms with Crippen LogP contribution in [0.1, 0.15) is 61.7 Å². The number of para-hydroxylation sites is 1. The van der Waals surface area contributed by atoms with E-state index < -0.39 is 5.97 Å². The Bertz CT molecular complexity index is 779. The topological polar surface area (TPSA) is 55.4 Å². The van der Waals surface area contributed by atoms with Gasteiger partial charge in [-0.3, -0.25) is 4.79 Å². The van der Waals surface area contributed by atoms with E-state index in [1.807, 2.05) is 44.2 Å². The first-order valence-corrected chi connectivity index (χ1v) is 9.44. The summed E-state index contributed by atoms with van der Waals surface area (Å²) in [5.41, 5.74) is 4.59. The van der Waals surface area contributed by atoms with Crippen LogP contribution in [0.2, 0.25) is 0 Å². The third-order valence-corrected chi connectivity index (χ3v) is 4.58. The minimum absolute atomic E-state index is 0.0198. The van der Waals surface area contributed by atoms with E-state index in [1.165, 1.54) is 0 Å². The zero-order valence-corrected chi connectivity index (χ0v) is 16.9. The molecule has 0 unspecified atom stereocenters. The minimum atomic E-state index is -0.495. The maximum atomic E-state index is 12.3. The highest BCUT2D eigenvalue weighted by Gasteiger charge is 2.16. The molecule has 0 heterocycles. The second-order valence-corrected chi connectivity index (χ2v) is 7.61. The van der Waals surface area contributed by atoms with E-state index in [-0.39, 0.29) is 17.9 Å². The molecule has 0 spiro atoms. The van der Waals surface area contributed by atoms with E-state index in [1.54, 1.807) is 12.1 Å². The van der Waals surface area contributed by atoms with Crippen LogP contribution in [0.5, 0.6) is 0 Å². The first kappa shape index (κ1) is 20.7. The van der Waals surface area contributed by atoms with Crippen molar-refractivity contribution >= 4 is 17.6 Å². The number of carbonyl (C=O) groups excluding carboxylic acids is 2. The molecular formula is C23H29NO3. The van der Waals surface area contributed by atoms with E-state index in [9.17, 15) is 9.59 Å².